The first-order valence-electron chi connectivity index (χ1n) is 4.06. The zero-order valence-electron chi connectivity index (χ0n) is 7.62. The molecule has 0 saturated heterocycles. The number of ether oxygens (including phenoxy) is 1. The molecular formula is C9H12FNO2. The number of halogens is 1. The van der Waals surface area contributed by atoms with E-state index in [1.165, 1.54) is 13.2 Å². The van der Waals surface area contributed by atoms with E-state index in [2.05, 4.69) is 4.98 Å². The van der Waals surface area contributed by atoms with Gasteiger partial charge in [-0.2, -0.15) is 0 Å². The van der Waals surface area contributed by atoms with Crippen molar-refractivity contribution in [3.05, 3.63) is 23.6 Å². The maximum atomic E-state index is 13.1. The fourth-order valence-electron chi connectivity index (χ4n) is 1.02. The molecule has 0 fully saturated rings. The molecule has 0 saturated carbocycles. The third-order valence-electron chi connectivity index (χ3n) is 1.81. The molecule has 0 aliphatic rings. The molecule has 0 spiro atoms. The molecule has 0 bridgehead atoms. The Balaban J connectivity index is 3.03. The number of pyridine rings is 1. The predicted octanol–water partition coefficient (Wildman–Crippen LogP) is 1.67. The van der Waals surface area contributed by atoms with Crippen molar-refractivity contribution < 1.29 is 14.2 Å². The zero-order chi connectivity index (χ0) is 9.84. The molecule has 1 rings (SSSR count). The van der Waals surface area contributed by atoms with Crippen LogP contribution in [0.25, 0.3) is 0 Å². The van der Waals surface area contributed by atoms with Gasteiger partial charge in [0.2, 0.25) is 5.88 Å². The summed E-state index contributed by atoms with van der Waals surface area (Å²) in [5, 5.41) is 9.41. The third kappa shape index (κ3) is 2.15. The van der Waals surface area contributed by atoms with Gasteiger partial charge in [-0.25, -0.2) is 9.37 Å². The van der Waals surface area contributed by atoms with E-state index in [1.807, 2.05) is 0 Å². The molecule has 1 heterocycles. The lowest BCUT2D eigenvalue weighted by atomic mass is 10.1. The molecule has 0 radical (unpaired) electrons. The van der Waals surface area contributed by atoms with Gasteiger partial charge in [0, 0.05) is 11.6 Å². The van der Waals surface area contributed by atoms with Crippen LogP contribution >= 0.6 is 0 Å². The van der Waals surface area contributed by atoms with E-state index in [0.717, 1.165) is 6.20 Å². The summed E-state index contributed by atoms with van der Waals surface area (Å²) in [5.41, 5.74) is 0.231. The summed E-state index contributed by atoms with van der Waals surface area (Å²) in [4.78, 5) is 3.67. The Bertz CT molecular complexity index is 291. The normalized spacial score (nSPS) is 12.6. The molecule has 1 atom stereocenters. The van der Waals surface area contributed by atoms with Crippen molar-refractivity contribution >= 4 is 0 Å². The Kier molecular flexibility index (Phi) is 3.19. The van der Waals surface area contributed by atoms with Gasteiger partial charge in [-0.15, -0.1) is 0 Å². The zero-order valence-corrected chi connectivity index (χ0v) is 7.62. The summed E-state index contributed by atoms with van der Waals surface area (Å²) in [6.45, 7) is 1.77. The van der Waals surface area contributed by atoms with E-state index < -0.39 is 11.9 Å². The largest absolute Gasteiger partial charge is 0.481 e. The molecule has 3 nitrogen and oxygen atoms in total. The number of aliphatic hydroxyl groups is 1. The van der Waals surface area contributed by atoms with Gasteiger partial charge in [-0.3, -0.25) is 0 Å². The molecule has 13 heavy (non-hydrogen) atoms. The topological polar surface area (TPSA) is 42.4 Å². The molecule has 72 valence electrons. The van der Waals surface area contributed by atoms with Crippen molar-refractivity contribution in [2.45, 2.75) is 19.4 Å². The molecular weight excluding hydrogens is 173 g/mol. The summed E-state index contributed by atoms with van der Waals surface area (Å²) in [7, 11) is 1.45. The van der Waals surface area contributed by atoms with Crippen LogP contribution in [0.15, 0.2) is 12.3 Å². The summed E-state index contributed by atoms with van der Waals surface area (Å²) in [6.07, 6.45) is 0.717. The van der Waals surface area contributed by atoms with Crippen LogP contribution in [0, 0.1) is 5.82 Å². The number of aliphatic hydroxyl groups excluding tert-OH is 1. The van der Waals surface area contributed by atoms with Crippen LogP contribution in [0.2, 0.25) is 0 Å². The Labute approximate surface area is 76.2 Å². The van der Waals surface area contributed by atoms with Gasteiger partial charge in [0.15, 0.2) is 0 Å². The SMILES string of the molecule is CCC(O)c1cc(OC)ncc1F. The molecule has 4 heteroatoms. The van der Waals surface area contributed by atoms with E-state index in [9.17, 15) is 9.50 Å². The van der Waals surface area contributed by atoms with Crippen molar-refractivity contribution in [2.24, 2.45) is 0 Å². The lowest BCUT2D eigenvalue weighted by molar-refractivity contribution is 0.168. The highest BCUT2D eigenvalue weighted by Crippen LogP contribution is 2.22. The number of methoxy groups -OCH3 is 1. The van der Waals surface area contributed by atoms with Gasteiger partial charge < -0.3 is 9.84 Å². The minimum absolute atomic E-state index is 0.231. The Morgan fingerprint density at radius 1 is 1.69 bits per heavy atom. The lowest BCUT2D eigenvalue weighted by Gasteiger charge is -2.09. The second-order valence-electron chi connectivity index (χ2n) is 2.67. The molecule has 1 N–H and O–H groups in total. The number of nitrogens with zero attached hydrogens (tertiary/aromatic N) is 1. The third-order valence-corrected chi connectivity index (χ3v) is 1.81. The lowest BCUT2D eigenvalue weighted by Crippen LogP contribution is -2.01. The monoisotopic (exact) mass is 185 g/mol. The van der Waals surface area contributed by atoms with Gasteiger partial charge in [-0.05, 0) is 6.42 Å². The van der Waals surface area contributed by atoms with Crippen molar-refractivity contribution in [3.63, 3.8) is 0 Å². The van der Waals surface area contributed by atoms with Crippen molar-refractivity contribution in [1.29, 1.82) is 0 Å². The summed E-state index contributed by atoms with van der Waals surface area (Å²) in [6, 6.07) is 1.41. The maximum Gasteiger partial charge on any atom is 0.213 e. The molecule has 1 unspecified atom stereocenters. The molecule has 0 aromatic carbocycles. The first-order valence-corrected chi connectivity index (χ1v) is 4.06. The first kappa shape index (κ1) is 9.92. The van der Waals surface area contributed by atoms with Crippen molar-refractivity contribution in [2.75, 3.05) is 7.11 Å². The average molecular weight is 185 g/mol. The standard InChI is InChI=1S/C9H12FNO2/c1-3-8(12)6-4-9(13-2)11-5-7(6)10/h4-5,8,12H,3H2,1-2H3. The second kappa shape index (κ2) is 4.18. The quantitative estimate of drug-likeness (QED) is 0.778. The summed E-state index contributed by atoms with van der Waals surface area (Å²) < 4.78 is 17.9. The highest BCUT2D eigenvalue weighted by atomic mass is 19.1. The predicted molar refractivity (Wildman–Crippen MR) is 46.0 cm³/mol. The minimum atomic E-state index is -0.795. The van der Waals surface area contributed by atoms with Crippen molar-refractivity contribution in [1.82, 2.24) is 4.98 Å². The van der Waals surface area contributed by atoms with Gasteiger partial charge in [0.1, 0.15) is 5.82 Å². The molecule has 0 amide bonds. The van der Waals surface area contributed by atoms with Gasteiger partial charge in [-0.1, -0.05) is 6.92 Å². The second-order valence-corrected chi connectivity index (χ2v) is 2.67. The molecule has 1 aromatic rings. The Hall–Kier alpha value is -1.16. The number of rotatable bonds is 3. The van der Waals surface area contributed by atoms with Crippen molar-refractivity contribution in [3.8, 4) is 5.88 Å². The fraction of sp³-hybridized carbons (Fsp3) is 0.444. The van der Waals surface area contributed by atoms with Crippen LogP contribution < -0.4 is 4.74 Å². The number of hydrogen-bond donors (Lipinski definition) is 1. The highest BCUT2D eigenvalue weighted by Gasteiger charge is 2.12. The van der Waals surface area contributed by atoms with Gasteiger partial charge >= 0.3 is 0 Å². The van der Waals surface area contributed by atoms with E-state index in [4.69, 9.17) is 4.74 Å². The van der Waals surface area contributed by atoms with E-state index in [1.54, 1.807) is 6.92 Å². The molecule has 1 aromatic heterocycles. The van der Waals surface area contributed by atoms with Crippen LogP contribution in [0.5, 0.6) is 5.88 Å². The Morgan fingerprint density at radius 3 is 2.92 bits per heavy atom. The fourth-order valence-corrected chi connectivity index (χ4v) is 1.02. The smallest absolute Gasteiger partial charge is 0.213 e. The van der Waals surface area contributed by atoms with Crippen LogP contribution in [-0.4, -0.2) is 17.2 Å². The molecule has 0 aliphatic heterocycles. The van der Waals surface area contributed by atoms with Crippen LogP contribution in [0.4, 0.5) is 4.39 Å². The summed E-state index contributed by atoms with van der Waals surface area (Å²) in [5.74, 6) is -0.195. The maximum absolute atomic E-state index is 13.1. The first-order chi connectivity index (χ1) is 6.19. The van der Waals surface area contributed by atoms with Crippen LogP contribution in [-0.2, 0) is 0 Å². The van der Waals surface area contributed by atoms with E-state index in [0.29, 0.717) is 12.3 Å². The highest BCUT2D eigenvalue weighted by molar-refractivity contribution is 5.23. The van der Waals surface area contributed by atoms with E-state index in [-0.39, 0.29) is 5.56 Å². The number of aromatic nitrogens is 1. The summed E-state index contributed by atoms with van der Waals surface area (Å²) >= 11 is 0. The van der Waals surface area contributed by atoms with Crippen LogP contribution in [0.3, 0.4) is 0 Å². The van der Waals surface area contributed by atoms with Gasteiger partial charge in [0.05, 0.1) is 19.4 Å². The average Bonchev–Trinajstić information content (AvgIpc) is 2.17. The minimum Gasteiger partial charge on any atom is -0.481 e. The Morgan fingerprint density at radius 2 is 2.38 bits per heavy atom. The van der Waals surface area contributed by atoms with E-state index >= 15 is 0 Å². The number of hydrogen-bond acceptors (Lipinski definition) is 3. The van der Waals surface area contributed by atoms with Crippen LogP contribution in [0.1, 0.15) is 25.0 Å². The van der Waals surface area contributed by atoms with Gasteiger partial charge in [0.25, 0.3) is 0 Å². The molecule has 0 aliphatic carbocycles.